The van der Waals surface area contributed by atoms with Gasteiger partial charge in [0.05, 0.1) is 19.8 Å². The van der Waals surface area contributed by atoms with Crippen LogP contribution in [0.3, 0.4) is 0 Å². The standard InChI is InChI=1S/C15H16ClNO4/c1-20-15(19)12-3-5-14(18)17(12)11-6-7-21-13-4-2-9(16)8-10(11)13/h2,4,8,11-12H,3,5-7H2,1H3. The van der Waals surface area contributed by atoms with Crippen molar-refractivity contribution < 1.29 is 19.1 Å². The maximum absolute atomic E-state index is 12.2. The van der Waals surface area contributed by atoms with Gasteiger partial charge >= 0.3 is 5.97 Å². The largest absolute Gasteiger partial charge is 0.493 e. The molecule has 1 fully saturated rings. The van der Waals surface area contributed by atoms with Crippen LogP contribution in [0.2, 0.25) is 5.02 Å². The van der Waals surface area contributed by atoms with E-state index in [1.807, 2.05) is 0 Å². The number of carbonyl (C=O) groups is 2. The van der Waals surface area contributed by atoms with Gasteiger partial charge in [-0.25, -0.2) is 4.79 Å². The monoisotopic (exact) mass is 309 g/mol. The molecule has 0 spiro atoms. The van der Waals surface area contributed by atoms with E-state index >= 15 is 0 Å². The Morgan fingerprint density at radius 2 is 2.24 bits per heavy atom. The molecule has 2 aliphatic heterocycles. The zero-order valence-corrected chi connectivity index (χ0v) is 12.4. The van der Waals surface area contributed by atoms with Gasteiger partial charge in [0.2, 0.25) is 5.91 Å². The number of benzene rings is 1. The lowest BCUT2D eigenvalue weighted by atomic mass is 9.98. The molecule has 0 saturated carbocycles. The van der Waals surface area contributed by atoms with Crippen LogP contribution in [-0.2, 0) is 14.3 Å². The van der Waals surface area contributed by atoms with E-state index in [1.54, 1.807) is 23.1 Å². The van der Waals surface area contributed by atoms with Crippen molar-refractivity contribution in [2.24, 2.45) is 0 Å². The topological polar surface area (TPSA) is 55.8 Å². The van der Waals surface area contributed by atoms with Crippen molar-refractivity contribution in [3.63, 3.8) is 0 Å². The Bertz CT molecular complexity index is 589. The van der Waals surface area contributed by atoms with Gasteiger partial charge in [0.15, 0.2) is 0 Å². The zero-order chi connectivity index (χ0) is 15.0. The van der Waals surface area contributed by atoms with Crippen molar-refractivity contribution in [1.82, 2.24) is 4.90 Å². The smallest absolute Gasteiger partial charge is 0.328 e. The number of hydrogen-bond acceptors (Lipinski definition) is 4. The average Bonchev–Trinajstić information content (AvgIpc) is 2.87. The number of rotatable bonds is 2. The SMILES string of the molecule is COC(=O)C1CCC(=O)N1C1CCOc2ccc(Cl)cc21. The summed E-state index contributed by atoms with van der Waals surface area (Å²) in [6.45, 7) is 0.511. The van der Waals surface area contributed by atoms with Gasteiger partial charge in [-0.1, -0.05) is 11.6 Å². The number of likely N-dealkylation sites (tertiary alicyclic amines) is 1. The third-order valence-corrected chi connectivity index (χ3v) is 4.28. The molecule has 21 heavy (non-hydrogen) atoms. The normalized spacial score (nSPS) is 24.5. The lowest BCUT2D eigenvalue weighted by Gasteiger charge is -2.36. The summed E-state index contributed by atoms with van der Waals surface area (Å²) in [5, 5.41) is 0.588. The third kappa shape index (κ3) is 2.46. The van der Waals surface area contributed by atoms with E-state index in [1.165, 1.54) is 7.11 Å². The lowest BCUT2D eigenvalue weighted by Crippen LogP contribution is -2.43. The van der Waals surface area contributed by atoms with E-state index in [0.717, 1.165) is 11.3 Å². The third-order valence-electron chi connectivity index (χ3n) is 4.04. The van der Waals surface area contributed by atoms with Crippen LogP contribution in [0.4, 0.5) is 0 Å². The summed E-state index contributed by atoms with van der Waals surface area (Å²) in [7, 11) is 1.35. The Hall–Kier alpha value is -1.75. The summed E-state index contributed by atoms with van der Waals surface area (Å²) >= 11 is 6.06. The van der Waals surface area contributed by atoms with E-state index in [9.17, 15) is 9.59 Å². The van der Waals surface area contributed by atoms with Gasteiger partial charge in [0.25, 0.3) is 0 Å². The summed E-state index contributed by atoms with van der Waals surface area (Å²) in [5.41, 5.74) is 0.859. The molecule has 112 valence electrons. The summed E-state index contributed by atoms with van der Waals surface area (Å²) in [5.74, 6) is 0.332. The molecular weight excluding hydrogens is 294 g/mol. The fraction of sp³-hybridized carbons (Fsp3) is 0.467. The van der Waals surface area contributed by atoms with Crippen LogP contribution in [0.25, 0.3) is 0 Å². The van der Waals surface area contributed by atoms with Gasteiger partial charge in [-0.15, -0.1) is 0 Å². The molecule has 2 unspecified atom stereocenters. The second kappa shape index (κ2) is 5.56. The molecule has 2 atom stereocenters. The molecule has 0 aliphatic carbocycles. The highest BCUT2D eigenvalue weighted by atomic mass is 35.5. The number of halogens is 1. The van der Waals surface area contributed by atoms with Crippen LogP contribution in [0.5, 0.6) is 5.75 Å². The maximum Gasteiger partial charge on any atom is 0.328 e. The van der Waals surface area contributed by atoms with Crippen molar-refractivity contribution in [1.29, 1.82) is 0 Å². The van der Waals surface area contributed by atoms with Crippen molar-refractivity contribution in [2.75, 3.05) is 13.7 Å². The number of methoxy groups -OCH3 is 1. The summed E-state index contributed by atoms with van der Waals surface area (Å²) in [6, 6.07) is 4.66. The van der Waals surface area contributed by atoms with Crippen LogP contribution in [0.1, 0.15) is 30.9 Å². The van der Waals surface area contributed by atoms with Crippen molar-refractivity contribution in [3.05, 3.63) is 28.8 Å². The average molecular weight is 310 g/mol. The van der Waals surface area contributed by atoms with Gasteiger partial charge in [-0.05, 0) is 24.6 Å². The second-order valence-corrected chi connectivity index (χ2v) is 5.65. The number of esters is 1. The van der Waals surface area contributed by atoms with E-state index in [4.69, 9.17) is 21.1 Å². The van der Waals surface area contributed by atoms with E-state index in [-0.39, 0.29) is 17.9 Å². The molecule has 2 heterocycles. The van der Waals surface area contributed by atoms with Crippen molar-refractivity contribution >= 4 is 23.5 Å². The molecule has 1 amide bonds. The van der Waals surface area contributed by atoms with E-state index in [0.29, 0.717) is 30.9 Å². The lowest BCUT2D eigenvalue weighted by molar-refractivity contribution is -0.151. The molecule has 0 radical (unpaired) electrons. The number of amides is 1. The maximum atomic E-state index is 12.2. The Morgan fingerprint density at radius 3 is 3.00 bits per heavy atom. The first-order chi connectivity index (χ1) is 10.1. The highest BCUT2D eigenvalue weighted by Crippen LogP contribution is 2.41. The van der Waals surface area contributed by atoms with Gasteiger partial charge in [0, 0.05) is 23.4 Å². The number of carbonyl (C=O) groups excluding carboxylic acids is 2. The number of ether oxygens (including phenoxy) is 2. The first-order valence-electron chi connectivity index (χ1n) is 6.93. The Kier molecular flexibility index (Phi) is 3.76. The van der Waals surface area contributed by atoms with Crippen LogP contribution in [0, 0.1) is 0 Å². The zero-order valence-electron chi connectivity index (χ0n) is 11.7. The summed E-state index contributed by atoms with van der Waals surface area (Å²) < 4.78 is 10.4. The molecule has 5 nitrogen and oxygen atoms in total. The minimum atomic E-state index is -0.516. The molecule has 6 heteroatoms. The first kappa shape index (κ1) is 14.2. The predicted octanol–water partition coefficient (Wildman–Crippen LogP) is 2.33. The van der Waals surface area contributed by atoms with Crippen LogP contribution in [-0.4, -0.2) is 36.5 Å². The number of hydrogen-bond donors (Lipinski definition) is 0. The summed E-state index contributed by atoms with van der Waals surface area (Å²) in [4.78, 5) is 25.8. The molecule has 1 aromatic rings. The van der Waals surface area contributed by atoms with Gasteiger partial charge in [0.1, 0.15) is 11.8 Å². The minimum Gasteiger partial charge on any atom is -0.493 e. The summed E-state index contributed by atoms with van der Waals surface area (Å²) in [6.07, 6.45) is 1.51. The van der Waals surface area contributed by atoms with Crippen molar-refractivity contribution in [3.8, 4) is 5.75 Å². The van der Waals surface area contributed by atoms with E-state index in [2.05, 4.69) is 0 Å². The molecule has 3 rings (SSSR count). The minimum absolute atomic E-state index is 0.0248. The van der Waals surface area contributed by atoms with Gasteiger partial charge < -0.3 is 14.4 Å². The molecule has 1 aromatic carbocycles. The highest BCUT2D eigenvalue weighted by Gasteiger charge is 2.43. The Labute approximate surface area is 127 Å². The highest BCUT2D eigenvalue weighted by molar-refractivity contribution is 6.30. The Morgan fingerprint density at radius 1 is 1.43 bits per heavy atom. The van der Waals surface area contributed by atoms with Crippen LogP contribution < -0.4 is 4.74 Å². The molecular formula is C15H16ClNO4. The van der Waals surface area contributed by atoms with E-state index < -0.39 is 6.04 Å². The van der Waals surface area contributed by atoms with Crippen molar-refractivity contribution in [2.45, 2.75) is 31.3 Å². The number of fused-ring (bicyclic) bond motifs is 1. The molecule has 0 bridgehead atoms. The fourth-order valence-electron chi connectivity index (χ4n) is 3.10. The van der Waals surface area contributed by atoms with Gasteiger partial charge in [-0.3, -0.25) is 4.79 Å². The second-order valence-electron chi connectivity index (χ2n) is 5.21. The molecule has 0 aromatic heterocycles. The molecule has 2 aliphatic rings. The fourth-order valence-corrected chi connectivity index (χ4v) is 3.28. The van der Waals surface area contributed by atoms with Gasteiger partial charge in [-0.2, -0.15) is 0 Å². The van der Waals surface area contributed by atoms with Crippen LogP contribution >= 0.6 is 11.6 Å². The number of nitrogens with zero attached hydrogens (tertiary/aromatic N) is 1. The molecule has 0 N–H and O–H groups in total. The van der Waals surface area contributed by atoms with Crippen LogP contribution in [0.15, 0.2) is 18.2 Å². The molecule has 1 saturated heterocycles. The first-order valence-corrected chi connectivity index (χ1v) is 7.31. The Balaban J connectivity index is 1.98. The quantitative estimate of drug-likeness (QED) is 0.787. The predicted molar refractivity (Wildman–Crippen MR) is 76.2 cm³/mol.